The van der Waals surface area contributed by atoms with Gasteiger partial charge in [-0.15, -0.1) is 0 Å². The lowest BCUT2D eigenvalue weighted by atomic mass is 9.95. The molecule has 1 aromatic carbocycles. The van der Waals surface area contributed by atoms with Gasteiger partial charge in [0.15, 0.2) is 0 Å². The zero-order valence-corrected chi connectivity index (χ0v) is 18.4. The van der Waals surface area contributed by atoms with Crippen molar-refractivity contribution in [2.45, 2.75) is 64.5 Å². The van der Waals surface area contributed by atoms with Crippen LogP contribution in [0.2, 0.25) is 0 Å². The van der Waals surface area contributed by atoms with E-state index in [1.807, 2.05) is 4.90 Å². The van der Waals surface area contributed by atoms with Gasteiger partial charge in [-0.1, -0.05) is 31.2 Å². The Kier molecular flexibility index (Phi) is 5.65. The fraction of sp³-hybridized carbons (Fsp3) is 0.560. The lowest BCUT2D eigenvalue weighted by Crippen LogP contribution is -2.41. The van der Waals surface area contributed by atoms with E-state index in [0.29, 0.717) is 25.1 Å². The van der Waals surface area contributed by atoms with Crippen molar-refractivity contribution in [3.63, 3.8) is 0 Å². The molecule has 5 rings (SSSR count). The van der Waals surface area contributed by atoms with Crippen LogP contribution < -0.4 is 5.56 Å². The Morgan fingerprint density at radius 3 is 2.65 bits per heavy atom. The van der Waals surface area contributed by atoms with Crippen molar-refractivity contribution >= 4 is 5.91 Å². The van der Waals surface area contributed by atoms with Crippen molar-refractivity contribution < 1.29 is 4.79 Å². The lowest BCUT2D eigenvalue weighted by Gasteiger charge is -2.33. The largest absolute Gasteiger partial charge is 0.337 e. The Labute approximate surface area is 183 Å². The number of fused-ring (bicyclic) bond motifs is 1. The van der Waals surface area contributed by atoms with Gasteiger partial charge in [-0.05, 0) is 49.8 Å². The number of likely N-dealkylation sites (tertiary alicyclic amines) is 1. The summed E-state index contributed by atoms with van der Waals surface area (Å²) in [5.41, 5.74) is 4.23. The highest BCUT2D eigenvalue weighted by molar-refractivity contribution is 5.81. The van der Waals surface area contributed by atoms with Crippen LogP contribution in [0.15, 0.2) is 29.1 Å². The normalized spacial score (nSPS) is 21.7. The Bertz CT molecular complexity index is 1010. The van der Waals surface area contributed by atoms with Gasteiger partial charge in [0, 0.05) is 37.9 Å². The quantitative estimate of drug-likeness (QED) is 0.807. The summed E-state index contributed by atoms with van der Waals surface area (Å²) < 4.78 is 0. The van der Waals surface area contributed by atoms with Crippen molar-refractivity contribution in [2.24, 2.45) is 5.92 Å². The number of nitrogens with zero attached hydrogens (tertiary/aromatic N) is 3. The summed E-state index contributed by atoms with van der Waals surface area (Å²) in [6.07, 6.45) is 5.91. The number of benzene rings is 1. The van der Waals surface area contributed by atoms with Crippen molar-refractivity contribution in [3.05, 3.63) is 62.8 Å². The molecule has 1 aromatic heterocycles. The first-order valence-electron chi connectivity index (χ1n) is 11.8. The molecule has 6 heteroatoms. The summed E-state index contributed by atoms with van der Waals surface area (Å²) in [7, 11) is 0. The maximum Gasteiger partial charge on any atom is 0.256 e. The van der Waals surface area contributed by atoms with E-state index in [1.54, 1.807) is 0 Å². The highest BCUT2D eigenvalue weighted by atomic mass is 16.2. The molecule has 1 saturated heterocycles. The molecule has 164 valence electrons. The smallest absolute Gasteiger partial charge is 0.256 e. The van der Waals surface area contributed by atoms with Crippen molar-refractivity contribution in [1.82, 2.24) is 19.8 Å². The molecule has 0 spiro atoms. The molecule has 3 aliphatic rings. The summed E-state index contributed by atoms with van der Waals surface area (Å²) in [5.74, 6) is 1.49. The maximum absolute atomic E-state index is 12.9. The fourth-order valence-electron chi connectivity index (χ4n) is 4.98. The first-order valence-corrected chi connectivity index (χ1v) is 11.8. The van der Waals surface area contributed by atoms with Crippen LogP contribution >= 0.6 is 0 Å². The molecule has 0 radical (unpaired) electrons. The molecule has 1 amide bonds. The first kappa shape index (κ1) is 20.4. The number of H-pyrrole nitrogens is 1. The van der Waals surface area contributed by atoms with Crippen LogP contribution in [0.4, 0.5) is 0 Å². The molecule has 2 fully saturated rings. The summed E-state index contributed by atoms with van der Waals surface area (Å²) in [6.45, 7) is 6.22. The Morgan fingerprint density at radius 1 is 1.13 bits per heavy atom. The average Bonchev–Trinajstić information content (AvgIpc) is 3.65. The van der Waals surface area contributed by atoms with E-state index in [0.717, 1.165) is 63.3 Å². The highest BCUT2D eigenvalue weighted by Crippen LogP contribution is 2.32. The summed E-state index contributed by atoms with van der Waals surface area (Å²) in [6, 6.07) is 8.90. The second-order valence-corrected chi connectivity index (χ2v) is 9.40. The average molecular weight is 421 g/mol. The van der Waals surface area contributed by atoms with Crippen LogP contribution in [-0.2, 0) is 30.7 Å². The van der Waals surface area contributed by atoms with Gasteiger partial charge in [-0.3, -0.25) is 14.5 Å². The van der Waals surface area contributed by atoms with Crippen LogP contribution in [0.25, 0.3) is 0 Å². The Morgan fingerprint density at radius 2 is 1.90 bits per heavy atom. The van der Waals surface area contributed by atoms with Gasteiger partial charge in [-0.25, -0.2) is 4.98 Å². The molecule has 0 unspecified atom stereocenters. The number of carbonyl (C=O) groups excluding carboxylic acids is 1. The van der Waals surface area contributed by atoms with E-state index < -0.39 is 0 Å². The van der Waals surface area contributed by atoms with E-state index in [-0.39, 0.29) is 23.3 Å². The van der Waals surface area contributed by atoms with Gasteiger partial charge in [0.05, 0.1) is 17.8 Å². The minimum atomic E-state index is -0.0550. The summed E-state index contributed by atoms with van der Waals surface area (Å²) >= 11 is 0. The zero-order valence-electron chi connectivity index (χ0n) is 18.4. The van der Waals surface area contributed by atoms with Gasteiger partial charge in [0.1, 0.15) is 5.82 Å². The SMILES string of the molecule is CCc1ccc(CN2CCC[C@H](c3nc4c(c(=O)[nH]3)CN(C(=O)C3CC3)CC4)C2)cc1. The predicted molar refractivity (Wildman–Crippen MR) is 120 cm³/mol. The third kappa shape index (κ3) is 4.45. The monoisotopic (exact) mass is 420 g/mol. The second kappa shape index (κ2) is 8.58. The number of hydrogen-bond donors (Lipinski definition) is 1. The molecule has 1 saturated carbocycles. The van der Waals surface area contributed by atoms with E-state index in [1.165, 1.54) is 11.1 Å². The molecular weight excluding hydrogens is 388 g/mol. The van der Waals surface area contributed by atoms with Crippen molar-refractivity contribution in [1.29, 1.82) is 0 Å². The molecule has 1 N–H and O–H groups in total. The highest BCUT2D eigenvalue weighted by Gasteiger charge is 2.35. The van der Waals surface area contributed by atoms with Gasteiger partial charge in [0.2, 0.25) is 5.91 Å². The third-order valence-electron chi connectivity index (χ3n) is 7.05. The number of piperidine rings is 1. The minimum Gasteiger partial charge on any atom is -0.337 e. The number of rotatable bonds is 5. The van der Waals surface area contributed by atoms with Crippen LogP contribution in [0.1, 0.15) is 66.7 Å². The summed E-state index contributed by atoms with van der Waals surface area (Å²) in [5, 5.41) is 0. The second-order valence-electron chi connectivity index (χ2n) is 9.40. The Hall–Kier alpha value is -2.47. The van der Waals surface area contributed by atoms with Gasteiger partial charge >= 0.3 is 0 Å². The van der Waals surface area contributed by atoms with Crippen LogP contribution in [0.5, 0.6) is 0 Å². The van der Waals surface area contributed by atoms with Crippen LogP contribution in [-0.4, -0.2) is 45.3 Å². The molecule has 2 aromatic rings. The zero-order chi connectivity index (χ0) is 21.4. The molecule has 3 heterocycles. The van der Waals surface area contributed by atoms with Crippen LogP contribution in [0.3, 0.4) is 0 Å². The molecule has 1 aliphatic carbocycles. The number of carbonyl (C=O) groups is 1. The lowest BCUT2D eigenvalue weighted by molar-refractivity contribution is -0.133. The van der Waals surface area contributed by atoms with Gasteiger partial charge in [-0.2, -0.15) is 0 Å². The number of nitrogens with one attached hydrogen (secondary N) is 1. The maximum atomic E-state index is 12.9. The number of aromatic amines is 1. The number of aromatic nitrogens is 2. The number of hydrogen-bond acceptors (Lipinski definition) is 4. The minimum absolute atomic E-state index is 0.0550. The number of amides is 1. The van der Waals surface area contributed by atoms with Crippen molar-refractivity contribution in [3.8, 4) is 0 Å². The van der Waals surface area contributed by atoms with E-state index in [2.05, 4.69) is 41.1 Å². The first-order chi connectivity index (χ1) is 15.1. The van der Waals surface area contributed by atoms with Gasteiger partial charge < -0.3 is 9.88 Å². The predicted octanol–water partition coefficient (Wildman–Crippen LogP) is 3.01. The summed E-state index contributed by atoms with van der Waals surface area (Å²) in [4.78, 5) is 37.6. The molecule has 1 atom stereocenters. The van der Waals surface area contributed by atoms with Crippen LogP contribution in [0, 0.1) is 5.92 Å². The molecule has 0 bridgehead atoms. The van der Waals surface area contributed by atoms with Gasteiger partial charge in [0.25, 0.3) is 5.56 Å². The van der Waals surface area contributed by atoms with Crippen molar-refractivity contribution in [2.75, 3.05) is 19.6 Å². The van der Waals surface area contributed by atoms with E-state index >= 15 is 0 Å². The topological polar surface area (TPSA) is 69.3 Å². The van der Waals surface area contributed by atoms with E-state index in [4.69, 9.17) is 4.98 Å². The molecular formula is C25H32N4O2. The standard InChI is InChI=1S/C25H32N4O2/c1-2-17-5-7-18(8-6-17)14-28-12-3-4-20(15-28)23-26-22-11-13-29(25(31)19-9-10-19)16-21(22)24(30)27-23/h5-8,19-20H,2-4,9-16H2,1H3,(H,26,27,30)/t20-/m0/s1. The third-order valence-corrected chi connectivity index (χ3v) is 7.05. The fourth-order valence-corrected chi connectivity index (χ4v) is 4.98. The Balaban J connectivity index is 1.28. The van der Waals surface area contributed by atoms with E-state index in [9.17, 15) is 9.59 Å². The molecule has 31 heavy (non-hydrogen) atoms. The molecule has 6 nitrogen and oxygen atoms in total. The molecule has 2 aliphatic heterocycles. The number of aryl methyl sites for hydroxylation is 1.